The predicted octanol–water partition coefficient (Wildman–Crippen LogP) is 6.26. The molecule has 0 nitrogen and oxygen atoms in total. The molecule has 0 aliphatic carbocycles. The van der Waals surface area contributed by atoms with Crippen molar-refractivity contribution in [3.8, 4) is 11.1 Å². The van der Waals surface area contributed by atoms with E-state index in [-0.39, 0.29) is 11.6 Å². The van der Waals surface area contributed by atoms with Crippen molar-refractivity contribution in [2.24, 2.45) is 0 Å². The molecule has 25 heavy (non-hydrogen) atoms. The number of hydrogen-bond acceptors (Lipinski definition) is 0. The van der Waals surface area contributed by atoms with E-state index in [9.17, 15) is 43.9 Å². The average Bonchev–Trinajstić information content (AvgIpc) is 2.42. The molecule has 10 heteroatoms. The van der Waals surface area contributed by atoms with Gasteiger partial charge in [-0.25, -0.2) is 17.6 Å². The molecule has 136 valence electrons. The fraction of sp³-hybridized carbons (Fsp3) is 0.200. The highest BCUT2D eigenvalue weighted by Crippen LogP contribution is 2.41. The van der Waals surface area contributed by atoms with Crippen molar-refractivity contribution in [1.82, 2.24) is 0 Å². The average molecular weight is 376 g/mol. The first kappa shape index (κ1) is 19.1. The fourth-order valence-electron chi connectivity index (χ4n) is 2.23. The Hall–Kier alpha value is -2.26. The molecule has 2 aromatic rings. The van der Waals surface area contributed by atoms with Gasteiger partial charge >= 0.3 is 12.4 Å². The van der Waals surface area contributed by atoms with E-state index < -0.39 is 57.9 Å². The molecule has 0 heterocycles. The van der Waals surface area contributed by atoms with Crippen LogP contribution in [0.4, 0.5) is 43.9 Å². The molecular formula is C15H6F10. The van der Waals surface area contributed by atoms with Crippen LogP contribution in [0.25, 0.3) is 11.1 Å². The lowest BCUT2D eigenvalue weighted by molar-refractivity contribution is -0.143. The van der Waals surface area contributed by atoms with E-state index >= 15 is 0 Å². The Morgan fingerprint density at radius 2 is 1.12 bits per heavy atom. The van der Waals surface area contributed by atoms with Crippen LogP contribution in [0.2, 0.25) is 0 Å². The van der Waals surface area contributed by atoms with Gasteiger partial charge in [-0.1, -0.05) is 6.07 Å². The smallest absolute Gasteiger partial charge is 0.203 e. The molecule has 0 aromatic heterocycles. The Kier molecular flexibility index (Phi) is 4.52. The van der Waals surface area contributed by atoms with Crippen LogP contribution in [-0.4, -0.2) is 0 Å². The summed E-state index contributed by atoms with van der Waals surface area (Å²) in [5, 5.41) is 0. The summed E-state index contributed by atoms with van der Waals surface area (Å²) >= 11 is 0. The Balaban J connectivity index is 2.85. The van der Waals surface area contributed by atoms with Crippen molar-refractivity contribution < 1.29 is 43.9 Å². The molecule has 0 amide bonds. The Labute approximate surface area is 133 Å². The minimum Gasteiger partial charge on any atom is -0.203 e. The van der Waals surface area contributed by atoms with E-state index in [1.807, 2.05) is 0 Å². The van der Waals surface area contributed by atoms with Crippen LogP contribution < -0.4 is 0 Å². The van der Waals surface area contributed by atoms with E-state index in [0.29, 0.717) is 6.07 Å². The van der Waals surface area contributed by atoms with Gasteiger partial charge in [0.1, 0.15) is 5.56 Å². The predicted molar refractivity (Wildman–Crippen MR) is 66.5 cm³/mol. The lowest BCUT2D eigenvalue weighted by Gasteiger charge is -2.16. The highest BCUT2D eigenvalue weighted by molar-refractivity contribution is 5.68. The first-order valence-corrected chi connectivity index (χ1v) is 6.37. The largest absolute Gasteiger partial charge is 0.422 e. The van der Waals surface area contributed by atoms with Crippen LogP contribution in [0, 0.1) is 30.2 Å². The summed E-state index contributed by atoms with van der Waals surface area (Å²) in [6.07, 6.45) is -10.7. The first-order chi connectivity index (χ1) is 11.2. The lowest BCUT2D eigenvalue weighted by Crippen LogP contribution is -2.16. The number of halogens is 10. The van der Waals surface area contributed by atoms with E-state index in [1.54, 1.807) is 0 Å². The Morgan fingerprint density at radius 1 is 0.640 bits per heavy atom. The van der Waals surface area contributed by atoms with E-state index in [0.717, 1.165) is 13.0 Å². The van der Waals surface area contributed by atoms with Crippen LogP contribution in [0.1, 0.15) is 16.7 Å². The topological polar surface area (TPSA) is 0 Å². The fourth-order valence-corrected chi connectivity index (χ4v) is 2.23. The van der Waals surface area contributed by atoms with Gasteiger partial charge in [-0.3, -0.25) is 0 Å². The van der Waals surface area contributed by atoms with Gasteiger partial charge < -0.3 is 0 Å². The second kappa shape index (κ2) is 5.92. The summed E-state index contributed by atoms with van der Waals surface area (Å²) in [4.78, 5) is 0. The van der Waals surface area contributed by atoms with Crippen LogP contribution in [0.3, 0.4) is 0 Å². The number of hydrogen-bond donors (Lipinski definition) is 0. The molecule has 2 aromatic carbocycles. The molecule has 0 N–H and O–H groups in total. The maximum atomic E-state index is 13.9. The van der Waals surface area contributed by atoms with Crippen LogP contribution >= 0.6 is 0 Å². The summed E-state index contributed by atoms with van der Waals surface area (Å²) < 4.78 is 131. The van der Waals surface area contributed by atoms with Crippen molar-refractivity contribution in [3.05, 3.63) is 58.2 Å². The number of benzene rings is 2. The maximum absolute atomic E-state index is 13.9. The first-order valence-electron chi connectivity index (χ1n) is 6.37. The van der Waals surface area contributed by atoms with Gasteiger partial charge in [0.05, 0.1) is 11.1 Å². The molecule has 0 radical (unpaired) electrons. The molecule has 0 unspecified atom stereocenters. The molecule has 0 fully saturated rings. The van der Waals surface area contributed by atoms with Gasteiger partial charge in [-0.15, -0.1) is 0 Å². The maximum Gasteiger partial charge on any atom is 0.422 e. The monoisotopic (exact) mass is 376 g/mol. The van der Waals surface area contributed by atoms with E-state index in [2.05, 4.69) is 0 Å². The second-order valence-electron chi connectivity index (χ2n) is 5.09. The third-order valence-electron chi connectivity index (χ3n) is 3.24. The lowest BCUT2D eigenvalue weighted by atomic mass is 9.97. The summed E-state index contributed by atoms with van der Waals surface area (Å²) in [5.41, 5.74) is -6.97. The minimum absolute atomic E-state index is 0.177. The zero-order chi connectivity index (χ0) is 19.3. The zero-order valence-electron chi connectivity index (χ0n) is 12.0. The van der Waals surface area contributed by atoms with Gasteiger partial charge in [0.25, 0.3) is 0 Å². The zero-order valence-corrected chi connectivity index (χ0v) is 12.0. The Bertz CT molecular complexity index is 801. The molecule has 0 aliphatic rings. The normalized spacial score (nSPS) is 12.6. The molecule has 0 saturated carbocycles. The van der Waals surface area contributed by atoms with Gasteiger partial charge in [0, 0.05) is 0 Å². The molecular weight excluding hydrogens is 370 g/mol. The summed E-state index contributed by atoms with van der Waals surface area (Å²) in [6.45, 7) is 1.10. The van der Waals surface area contributed by atoms with E-state index in [1.165, 1.54) is 0 Å². The van der Waals surface area contributed by atoms with Gasteiger partial charge in [-0.05, 0) is 30.2 Å². The highest BCUT2D eigenvalue weighted by Gasteiger charge is 2.42. The second-order valence-corrected chi connectivity index (χ2v) is 5.09. The molecule has 0 bridgehead atoms. The minimum atomic E-state index is -5.74. The summed E-state index contributed by atoms with van der Waals surface area (Å²) in [5.74, 6) is -10.4. The molecule has 0 aliphatic heterocycles. The van der Waals surface area contributed by atoms with Crippen molar-refractivity contribution in [2.75, 3.05) is 0 Å². The van der Waals surface area contributed by atoms with Gasteiger partial charge in [0.2, 0.25) is 0 Å². The van der Waals surface area contributed by atoms with E-state index in [4.69, 9.17) is 0 Å². The number of aryl methyl sites for hydroxylation is 1. The molecule has 2 rings (SSSR count). The summed E-state index contributed by atoms with van der Waals surface area (Å²) in [7, 11) is 0. The highest BCUT2D eigenvalue weighted by atomic mass is 19.4. The SMILES string of the molecule is Cc1cc(-c2c(F)c(F)c(C(F)(F)F)c(F)c2F)cc(C(F)(F)F)c1. The van der Waals surface area contributed by atoms with Crippen molar-refractivity contribution in [3.63, 3.8) is 0 Å². The number of alkyl halides is 6. The van der Waals surface area contributed by atoms with Crippen molar-refractivity contribution >= 4 is 0 Å². The number of rotatable bonds is 1. The Morgan fingerprint density at radius 3 is 1.52 bits per heavy atom. The quantitative estimate of drug-likeness (QED) is 0.407. The van der Waals surface area contributed by atoms with Crippen LogP contribution in [-0.2, 0) is 12.4 Å². The standard InChI is InChI=1S/C15H6F10/c1-5-2-6(4-7(3-5)14(20,21)22)8-10(16)12(18)9(15(23,24)25)13(19)11(8)17/h2-4H,1H3. The van der Waals surface area contributed by atoms with Crippen molar-refractivity contribution in [1.29, 1.82) is 0 Å². The van der Waals surface area contributed by atoms with Crippen molar-refractivity contribution in [2.45, 2.75) is 19.3 Å². The molecule has 0 spiro atoms. The third kappa shape index (κ3) is 3.42. The summed E-state index contributed by atoms with van der Waals surface area (Å²) in [6, 6.07) is 1.53. The third-order valence-corrected chi connectivity index (χ3v) is 3.24. The molecule has 0 atom stereocenters. The van der Waals surface area contributed by atoms with Gasteiger partial charge in [-0.2, -0.15) is 26.3 Å². The van der Waals surface area contributed by atoms with Crippen LogP contribution in [0.5, 0.6) is 0 Å². The van der Waals surface area contributed by atoms with Crippen LogP contribution in [0.15, 0.2) is 18.2 Å². The molecule has 0 saturated heterocycles. The van der Waals surface area contributed by atoms with Gasteiger partial charge in [0.15, 0.2) is 23.3 Å².